The van der Waals surface area contributed by atoms with Gasteiger partial charge in [-0.25, -0.2) is 8.78 Å². The molecule has 12 heavy (non-hydrogen) atoms. The van der Waals surface area contributed by atoms with E-state index in [1.54, 1.807) is 13.0 Å². The van der Waals surface area contributed by atoms with E-state index in [1.165, 1.54) is 19.1 Å². The smallest absolute Gasteiger partial charge is 0.201 e. The second-order valence-electron chi connectivity index (χ2n) is 2.80. The normalized spacial score (nSPS) is 16.1. The van der Waals surface area contributed by atoms with Gasteiger partial charge in [0.05, 0.1) is 0 Å². The van der Waals surface area contributed by atoms with Crippen molar-refractivity contribution >= 4 is 0 Å². The molecule has 0 nitrogen and oxygen atoms in total. The Morgan fingerprint density at radius 3 is 2.42 bits per heavy atom. The van der Waals surface area contributed by atoms with Gasteiger partial charge in [-0.2, -0.15) is 0 Å². The number of hydrogen-bond acceptors (Lipinski definition) is 0. The first kappa shape index (κ1) is 11.3. The molecule has 1 unspecified atom stereocenters. The molecular formula is C10H16F2. The number of halogens is 2. The lowest BCUT2D eigenvalue weighted by Gasteiger charge is -2.16. The van der Waals surface area contributed by atoms with Crippen molar-refractivity contribution in [3.05, 3.63) is 24.3 Å². The van der Waals surface area contributed by atoms with Crippen LogP contribution in [-0.4, -0.2) is 5.92 Å². The maximum atomic E-state index is 13.1. The van der Waals surface area contributed by atoms with E-state index < -0.39 is 11.8 Å². The summed E-state index contributed by atoms with van der Waals surface area (Å²) in [7, 11) is 0. The maximum Gasteiger partial charge on any atom is 0.272 e. The van der Waals surface area contributed by atoms with Crippen LogP contribution < -0.4 is 0 Å². The van der Waals surface area contributed by atoms with Crippen LogP contribution in [0.25, 0.3) is 0 Å². The summed E-state index contributed by atoms with van der Waals surface area (Å²) < 4.78 is 26.1. The summed E-state index contributed by atoms with van der Waals surface area (Å²) in [6.45, 7) is 5.10. The quantitative estimate of drug-likeness (QED) is 0.569. The van der Waals surface area contributed by atoms with Gasteiger partial charge in [-0.15, -0.1) is 0 Å². The second kappa shape index (κ2) is 5.07. The minimum Gasteiger partial charge on any atom is -0.201 e. The Kier molecular flexibility index (Phi) is 4.79. The van der Waals surface area contributed by atoms with Crippen molar-refractivity contribution in [3.8, 4) is 0 Å². The zero-order valence-electron chi connectivity index (χ0n) is 7.85. The second-order valence-corrected chi connectivity index (χ2v) is 2.80. The number of alkyl halides is 2. The summed E-state index contributed by atoms with van der Waals surface area (Å²) in [4.78, 5) is 0. The minimum absolute atomic E-state index is 0.651. The summed E-state index contributed by atoms with van der Waals surface area (Å²) in [5, 5.41) is 0. The summed E-state index contributed by atoms with van der Waals surface area (Å²) in [5.74, 6) is -3.42. The van der Waals surface area contributed by atoms with E-state index in [2.05, 4.69) is 0 Å². The Bertz CT molecular complexity index is 169. The molecule has 0 radical (unpaired) electrons. The van der Waals surface area contributed by atoms with Crippen LogP contribution in [0.3, 0.4) is 0 Å². The molecule has 0 aromatic carbocycles. The number of rotatable bonds is 4. The molecule has 0 aromatic rings. The third kappa shape index (κ3) is 3.65. The Morgan fingerprint density at radius 1 is 1.42 bits per heavy atom. The van der Waals surface area contributed by atoms with Gasteiger partial charge in [-0.1, -0.05) is 32.1 Å². The molecule has 0 heterocycles. The standard InChI is InChI=1S/C10H16F2/c1-4-6-8-10(11,12)9(3)7-5-2/h5-9H,4H2,1-3H3/b7-5+,8-6+. The first-order valence-electron chi connectivity index (χ1n) is 4.23. The Labute approximate surface area is 73.0 Å². The van der Waals surface area contributed by atoms with Crippen LogP contribution in [0.2, 0.25) is 0 Å². The van der Waals surface area contributed by atoms with Crippen molar-refractivity contribution in [2.45, 2.75) is 33.1 Å². The van der Waals surface area contributed by atoms with Crippen LogP contribution in [-0.2, 0) is 0 Å². The molecule has 0 rings (SSSR count). The van der Waals surface area contributed by atoms with Crippen molar-refractivity contribution in [3.63, 3.8) is 0 Å². The molecule has 0 aliphatic heterocycles. The molecule has 0 saturated carbocycles. The fourth-order valence-corrected chi connectivity index (χ4v) is 0.844. The van der Waals surface area contributed by atoms with Crippen molar-refractivity contribution in [1.82, 2.24) is 0 Å². The first-order chi connectivity index (χ1) is 5.54. The van der Waals surface area contributed by atoms with Gasteiger partial charge in [0, 0.05) is 5.92 Å². The summed E-state index contributed by atoms with van der Waals surface area (Å²) in [6, 6.07) is 0. The van der Waals surface area contributed by atoms with Gasteiger partial charge in [0.25, 0.3) is 5.92 Å². The fourth-order valence-electron chi connectivity index (χ4n) is 0.844. The van der Waals surface area contributed by atoms with E-state index in [0.717, 1.165) is 6.08 Å². The van der Waals surface area contributed by atoms with Crippen LogP contribution in [0.15, 0.2) is 24.3 Å². The van der Waals surface area contributed by atoms with E-state index in [-0.39, 0.29) is 0 Å². The van der Waals surface area contributed by atoms with E-state index >= 15 is 0 Å². The predicted molar refractivity (Wildman–Crippen MR) is 48.4 cm³/mol. The first-order valence-corrected chi connectivity index (χ1v) is 4.23. The third-order valence-electron chi connectivity index (χ3n) is 1.66. The van der Waals surface area contributed by atoms with Crippen molar-refractivity contribution in [1.29, 1.82) is 0 Å². The molecule has 0 fully saturated rings. The zero-order valence-corrected chi connectivity index (χ0v) is 7.85. The summed E-state index contributed by atoms with van der Waals surface area (Å²) in [6.07, 6.45) is 6.30. The maximum absolute atomic E-state index is 13.1. The van der Waals surface area contributed by atoms with Crippen molar-refractivity contribution < 1.29 is 8.78 Å². The Hall–Kier alpha value is -0.660. The van der Waals surface area contributed by atoms with Gasteiger partial charge in [0.15, 0.2) is 0 Å². The average molecular weight is 174 g/mol. The molecule has 0 bridgehead atoms. The largest absolute Gasteiger partial charge is 0.272 e. The van der Waals surface area contributed by atoms with Gasteiger partial charge in [0.1, 0.15) is 0 Å². The molecule has 0 amide bonds. The third-order valence-corrected chi connectivity index (χ3v) is 1.66. The lowest BCUT2D eigenvalue weighted by atomic mass is 10.0. The van der Waals surface area contributed by atoms with Gasteiger partial charge >= 0.3 is 0 Å². The van der Waals surface area contributed by atoms with Crippen LogP contribution >= 0.6 is 0 Å². The minimum atomic E-state index is -2.71. The molecule has 0 N–H and O–H groups in total. The monoisotopic (exact) mass is 174 g/mol. The van der Waals surface area contributed by atoms with E-state index in [4.69, 9.17) is 0 Å². The predicted octanol–water partition coefficient (Wildman–Crippen LogP) is 3.80. The van der Waals surface area contributed by atoms with Crippen LogP contribution in [0.4, 0.5) is 8.78 Å². The van der Waals surface area contributed by atoms with Crippen LogP contribution in [0.1, 0.15) is 27.2 Å². The highest BCUT2D eigenvalue weighted by molar-refractivity contribution is 5.03. The number of hydrogen-bond donors (Lipinski definition) is 0. The van der Waals surface area contributed by atoms with Crippen molar-refractivity contribution in [2.75, 3.05) is 0 Å². The molecule has 1 atom stereocenters. The summed E-state index contributed by atoms with van der Waals surface area (Å²) in [5.41, 5.74) is 0. The SMILES string of the molecule is C/C=C/C(C)C(F)(F)/C=C/CC. The highest BCUT2D eigenvalue weighted by atomic mass is 19.3. The molecule has 2 heteroatoms. The average Bonchev–Trinajstić information content (AvgIpc) is 2.01. The summed E-state index contributed by atoms with van der Waals surface area (Å²) >= 11 is 0. The van der Waals surface area contributed by atoms with E-state index in [1.807, 2.05) is 6.92 Å². The van der Waals surface area contributed by atoms with E-state index in [9.17, 15) is 8.78 Å². The highest BCUT2D eigenvalue weighted by Crippen LogP contribution is 2.26. The van der Waals surface area contributed by atoms with Gasteiger partial charge in [-0.3, -0.25) is 0 Å². The topological polar surface area (TPSA) is 0 Å². The molecular weight excluding hydrogens is 158 g/mol. The van der Waals surface area contributed by atoms with Crippen molar-refractivity contribution in [2.24, 2.45) is 5.92 Å². The molecule has 0 aliphatic rings. The van der Waals surface area contributed by atoms with Crippen LogP contribution in [0.5, 0.6) is 0 Å². The molecule has 0 spiro atoms. The Morgan fingerprint density at radius 2 is 2.00 bits per heavy atom. The van der Waals surface area contributed by atoms with Gasteiger partial charge in [0.2, 0.25) is 0 Å². The number of allylic oxidation sites excluding steroid dienone is 4. The van der Waals surface area contributed by atoms with Crippen LogP contribution in [0, 0.1) is 5.92 Å². The lowest BCUT2D eigenvalue weighted by molar-refractivity contribution is 0.0175. The molecule has 0 aliphatic carbocycles. The molecule has 70 valence electrons. The molecule has 0 saturated heterocycles. The lowest BCUT2D eigenvalue weighted by Crippen LogP contribution is -2.21. The highest BCUT2D eigenvalue weighted by Gasteiger charge is 2.30. The fraction of sp³-hybridized carbons (Fsp3) is 0.600. The van der Waals surface area contributed by atoms with Gasteiger partial charge < -0.3 is 0 Å². The van der Waals surface area contributed by atoms with E-state index in [0.29, 0.717) is 6.42 Å². The molecule has 0 aromatic heterocycles. The van der Waals surface area contributed by atoms with Gasteiger partial charge in [-0.05, 0) is 19.4 Å². The Balaban J connectivity index is 4.27. The zero-order chi connectivity index (χ0) is 9.61.